The minimum absolute atomic E-state index is 2.06. The first-order valence-corrected chi connectivity index (χ1v) is 15.5. The van der Waals surface area contributed by atoms with Crippen LogP contribution in [0.4, 0.5) is 0 Å². The van der Waals surface area contributed by atoms with E-state index in [1.54, 1.807) is 0 Å². The van der Waals surface area contributed by atoms with E-state index >= 15 is 0 Å². The summed E-state index contributed by atoms with van der Waals surface area (Å²) in [6.45, 7) is 0. The SMILES string of the molecule is C[N](C)[Hf]([Cl])([N](C)C)([N](C)C)[N](C)C. The summed E-state index contributed by atoms with van der Waals surface area (Å²) in [6, 6.07) is 0. The summed E-state index contributed by atoms with van der Waals surface area (Å²) in [4.78, 5) is 0. The number of hydrogen-bond acceptors (Lipinski definition) is 4. The Morgan fingerprint density at radius 3 is 0.714 bits per heavy atom. The van der Waals surface area contributed by atoms with Crippen molar-refractivity contribution in [3.05, 3.63) is 0 Å². The number of halogens is 1. The molecule has 0 saturated heterocycles. The Bertz CT molecular complexity index is 162. The minimum atomic E-state index is -3.90. The molecular formula is C8H24ClHfN4. The van der Waals surface area contributed by atoms with E-state index < -0.39 is 18.5 Å². The number of hydrogen-bond donors (Lipinski definition) is 0. The molecule has 0 aromatic carbocycles. The second-order valence-electron chi connectivity index (χ2n) is 4.52. The Labute approximate surface area is 94.7 Å². The van der Waals surface area contributed by atoms with E-state index in [9.17, 15) is 0 Å². The van der Waals surface area contributed by atoms with Gasteiger partial charge in [0.2, 0.25) is 0 Å². The molecule has 0 aliphatic heterocycles. The fourth-order valence-electron chi connectivity index (χ4n) is 2.40. The molecule has 0 atom stereocenters. The first kappa shape index (κ1) is 15.0. The summed E-state index contributed by atoms with van der Waals surface area (Å²) in [7, 11) is 23.5. The van der Waals surface area contributed by atoms with Crippen molar-refractivity contribution in [1.82, 2.24) is 11.6 Å². The summed E-state index contributed by atoms with van der Waals surface area (Å²) >= 11 is -3.90. The number of nitrogens with zero attached hydrogens (tertiary/aromatic N) is 4. The summed E-state index contributed by atoms with van der Waals surface area (Å²) in [5.74, 6) is 0. The van der Waals surface area contributed by atoms with Crippen molar-refractivity contribution in [3.8, 4) is 0 Å². The third-order valence-electron chi connectivity index (χ3n) is 3.08. The van der Waals surface area contributed by atoms with Crippen LogP contribution in [-0.2, 0) is 18.5 Å². The van der Waals surface area contributed by atoms with Gasteiger partial charge >= 0.3 is 95.0 Å². The van der Waals surface area contributed by atoms with E-state index in [1.807, 2.05) is 0 Å². The van der Waals surface area contributed by atoms with E-state index in [0.29, 0.717) is 0 Å². The van der Waals surface area contributed by atoms with Gasteiger partial charge in [-0.05, 0) is 0 Å². The van der Waals surface area contributed by atoms with Crippen LogP contribution in [0.2, 0.25) is 0 Å². The molecule has 0 spiro atoms. The van der Waals surface area contributed by atoms with Gasteiger partial charge in [0.15, 0.2) is 0 Å². The zero-order valence-corrected chi connectivity index (χ0v) is 15.0. The Kier molecular flexibility index (Phi) is 4.79. The molecule has 0 radical (unpaired) electrons. The molecule has 0 bridgehead atoms. The monoisotopic (exact) mass is 391 g/mol. The maximum atomic E-state index is 7.06. The van der Waals surface area contributed by atoms with Crippen molar-refractivity contribution in [3.63, 3.8) is 0 Å². The summed E-state index contributed by atoms with van der Waals surface area (Å²) in [5.41, 5.74) is 0. The van der Waals surface area contributed by atoms with Crippen molar-refractivity contribution < 1.29 is 18.5 Å². The first-order valence-electron chi connectivity index (χ1n) is 4.66. The van der Waals surface area contributed by atoms with Crippen molar-refractivity contribution in [2.45, 2.75) is 0 Å². The van der Waals surface area contributed by atoms with Gasteiger partial charge in [-0.25, -0.2) is 0 Å². The number of rotatable bonds is 4. The van der Waals surface area contributed by atoms with Gasteiger partial charge in [-0.15, -0.1) is 0 Å². The quantitative estimate of drug-likeness (QED) is 0.657. The van der Waals surface area contributed by atoms with Crippen molar-refractivity contribution in [2.75, 3.05) is 56.4 Å². The summed E-state index contributed by atoms with van der Waals surface area (Å²) in [6.07, 6.45) is 0. The fourth-order valence-corrected chi connectivity index (χ4v) is 19.6. The normalized spacial score (nSPS) is 16.8. The van der Waals surface area contributed by atoms with Gasteiger partial charge in [0.1, 0.15) is 0 Å². The Hall–Kier alpha value is 1.00. The summed E-state index contributed by atoms with van der Waals surface area (Å²) < 4.78 is 8.77. The maximum absolute atomic E-state index is 7.06. The van der Waals surface area contributed by atoms with Gasteiger partial charge in [-0.3, -0.25) is 0 Å². The van der Waals surface area contributed by atoms with E-state index in [4.69, 9.17) is 8.58 Å². The van der Waals surface area contributed by atoms with Gasteiger partial charge in [-0.1, -0.05) is 0 Å². The molecule has 4 nitrogen and oxygen atoms in total. The standard InChI is InChI=1S/4C2H6N.ClH.Hf/c4*1-3-2;;/h4*1-2H3;1H;/q4*-1;;+5/p-1. The van der Waals surface area contributed by atoms with Crippen LogP contribution < -0.4 is 0 Å². The molecule has 0 unspecified atom stereocenters. The molecule has 87 valence electrons. The van der Waals surface area contributed by atoms with Crippen LogP contribution in [0.15, 0.2) is 0 Å². The second-order valence-corrected chi connectivity index (χ2v) is 29.6. The predicted octanol–water partition coefficient (Wildman–Crippen LogP) is 0.736. The molecule has 0 heterocycles. The van der Waals surface area contributed by atoms with E-state index in [1.165, 1.54) is 0 Å². The molecule has 0 aliphatic carbocycles. The molecule has 6 heteroatoms. The molecule has 0 aromatic heterocycles. The zero-order valence-electron chi connectivity index (χ0n) is 10.7. The summed E-state index contributed by atoms with van der Waals surface area (Å²) in [5, 5.41) is 0. The molecule has 0 amide bonds. The van der Waals surface area contributed by atoms with Crippen molar-refractivity contribution in [2.24, 2.45) is 0 Å². The van der Waals surface area contributed by atoms with Crippen LogP contribution in [0.5, 0.6) is 0 Å². The Morgan fingerprint density at radius 1 is 0.571 bits per heavy atom. The first-order chi connectivity index (χ1) is 6.10. The zero-order chi connectivity index (χ0) is 11.8. The third kappa shape index (κ3) is 1.72. The van der Waals surface area contributed by atoms with E-state index in [2.05, 4.69) is 67.9 Å². The van der Waals surface area contributed by atoms with Crippen LogP contribution in [0.3, 0.4) is 0 Å². The van der Waals surface area contributed by atoms with Gasteiger partial charge < -0.3 is 0 Å². The van der Waals surface area contributed by atoms with Crippen LogP contribution in [0, 0.1) is 0 Å². The Morgan fingerprint density at radius 2 is 0.714 bits per heavy atom. The molecule has 14 heavy (non-hydrogen) atoms. The van der Waals surface area contributed by atoms with Gasteiger partial charge in [0.05, 0.1) is 0 Å². The average molecular weight is 390 g/mol. The topological polar surface area (TPSA) is 13.0 Å². The van der Waals surface area contributed by atoms with Crippen molar-refractivity contribution in [1.29, 1.82) is 0 Å². The molecule has 0 aliphatic rings. The second kappa shape index (κ2) is 4.47. The molecular weight excluding hydrogens is 366 g/mol. The van der Waals surface area contributed by atoms with E-state index in [0.717, 1.165) is 0 Å². The van der Waals surface area contributed by atoms with Gasteiger partial charge in [-0.2, -0.15) is 0 Å². The molecule has 0 N–H and O–H groups in total. The molecule has 0 saturated carbocycles. The Balaban J connectivity index is 5.62. The predicted molar refractivity (Wildman–Crippen MR) is 60.6 cm³/mol. The third-order valence-corrected chi connectivity index (χ3v) is 36.2. The van der Waals surface area contributed by atoms with Crippen LogP contribution in [-0.4, -0.2) is 67.9 Å². The van der Waals surface area contributed by atoms with Crippen LogP contribution in [0.1, 0.15) is 0 Å². The van der Waals surface area contributed by atoms with Crippen molar-refractivity contribution >= 4 is 8.58 Å². The molecule has 0 fully saturated rings. The van der Waals surface area contributed by atoms with E-state index in [-0.39, 0.29) is 0 Å². The fraction of sp³-hybridized carbons (Fsp3) is 1.00. The average Bonchev–Trinajstić information content (AvgIpc) is 2.00. The van der Waals surface area contributed by atoms with Crippen LogP contribution >= 0.6 is 8.58 Å². The van der Waals surface area contributed by atoms with Gasteiger partial charge in [0.25, 0.3) is 0 Å². The van der Waals surface area contributed by atoms with Gasteiger partial charge in [0, 0.05) is 0 Å². The van der Waals surface area contributed by atoms with Crippen LogP contribution in [0.25, 0.3) is 0 Å². The molecule has 0 rings (SSSR count). The molecule has 0 aromatic rings.